The van der Waals surface area contributed by atoms with Crippen molar-refractivity contribution < 1.29 is 19.1 Å². The molecule has 160 valence electrons. The van der Waals surface area contributed by atoms with Crippen LogP contribution in [0.2, 0.25) is 0 Å². The molecule has 2 aliphatic heterocycles. The fraction of sp³-hybridized carbons (Fsp3) is 0.292. The van der Waals surface area contributed by atoms with E-state index in [0.717, 1.165) is 37.9 Å². The number of nitrogens with one attached hydrogen (secondary N) is 1. The number of carbonyl (C=O) groups excluding carboxylic acids is 3. The highest BCUT2D eigenvalue weighted by molar-refractivity contribution is 6.05. The molecule has 3 amide bonds. The van der Waals surface area contributed by atoms with E-state index in [9.17, 15) is 14.4 Å². The Bertz CT molecular complexity index is 997. The molecule has 7 nitrogen and oxygen atoms in total. The average molecular weight is 419 g/mol. The molecule has 1 saturated heterocycles. The number of hydrogen-bond donors (Lipinski definition) is 1. The second-order valence-electron chi connectivity index (χ2n) is 7.63. The second kappa shape index (κ2) is 9.47. The minimum atomic E-state index is -0.289. The first kappa shape index (κ1) is 20.7. The Morgan fingerprint density at radius 3 is 2.58 bits per heavy atom. The maximum Gasteiger partial charge on any atom is 0.265 e. The normalized spacial score (nSPS) is 16.1. The van der Waals surface area contributed by atoms with Gasteiger partial charge in [-0.3, -0.25) is 19.3 Å². The van der Waals surface area contributed by atoms with E-state index in [0.29, 0.717) is 17.1 Å². The van der Waals surface area contributed by atoms with Crippen molar-refractivity contribution in [3.05, 3.63) is 60.2 Å². The van der Waals surface area contributed by atoms with Crippen molar-refractivity contribution in [2.75, 3.05) is 36.5 Å². The van der Waals surface area contributed by atoms with Crippen LogP contribution >= 0.6 is 0 Å². The molecule has 0 atom stereocenters. The SMILES string of the molecule is O=C(/C=C/c1ccccc1)Nc1ccc2c(c1)N(CC(=O)N1CCCCC1)C(=O)CO2. The van der Waals surface area contributed by atoms with Crippen LogP contribution in [0, 0.1) is 0 Å². The zero-order valence-corrected chi connectivity index (χ0v) is 17.3. The summed E-state index contributed by atoms with van der Waals surface area (Å²) >= 11 is 0. The zero-order chi connectivity index (χ0) is 21.6. The minimum absolute atomic E-state index is 0.0273. The molecule has 1 N–H and O–H groups in total. The smallest absolute Gasteiger partial charge is 0.265 e. The van der Waals surface area contributed by atoms with Gasteiger partial charge in [0.1, 0.15) is 12.3 Å². The number of amides is 3. The van der Waals surface area contributed by atoms with E-state index < -0.39 is 0 Å². The Balaban J connectivity index is 1.47. The van der Waals surface area contributed by atoms with E-state index in [2.05, 4.69) is 5.32 Å². The molecule has 1 fully saturated rings. The van der Waals surface area contributed by atoms with Gasteiger partial charge in [-0.15, -0.1) is 0 Å². The Hall–Kier alpha value is -3.61. The Morgan fingerprint density at radius 1 is 1.03 bits per heavy atom. The topological polar surface area (TPSA) is 79.0 Å². The van der Waals surface area contributed by atoms with Crippen molar-refractivity contribution >= 4 is 35.2 Å². The van der Waals surface area contributed by atoms with E-state index in [1.54, 1.807) is 24.3 Å². The number of piperidine rings is 1. The quantitative estimate of drug-likeness (QED) is 0.756. The summed E-state index contributed by atoms with van der Waals surface area (Å²) in [5, 5.41) is 2.80. The summed E-state index contributed by atoms with van der Waals surface area (Å²) in [6, 6.07) is 14.6. The molecule has 0 unspecified atom stereocenters. The molecule has 0 spiro atoms. The van der Waals surface area contributed by atoms with E-state index in [1.165, 1.54) is 11.0 Å². The highest BCUT2D eigenvalue weighted by Gasteiger charge is 2.29. The second-order valence-corrected chi connectivity index (χ2v) is 7.63. The summed E-state index contributed by atoms with van der Waals surface area (Å²) in [6.45, 7) is 1.33. The summed E-state index contributed by atoms with van der Waals surface area (Å²) in [5.41, 5.74) is 1.94. The average Bonchev–Trinajstić information content (AvgIpc) is 2.81. The predicted octanol–water partition coefficient (Wildman–Crippen LogP) is 3.08. The zero-order valence-electron chi connectivity index (χ0n) is 17.3. The fourth-order valence-corrected chi connectivity index (χ4v) is 3.75. The third kappa shape index (κ3) is 5.12. The lowest BCUT2D eigenvalue weighted by atomic mass is 10.1. The van der Waals surface area contributed by atoms with Gasteiger partial charge in [-0.05, 0) is 49.1 Å². The summed E-state index contributed by atoms with van der Waals surface area (Å²) in [5.74, 6) is -0.113. The van der Waals surface area contributed by atoms with Crippen LogP contribution < -0.4 is 15.0 Å². The molecule has 0 bridgehead atoms. The highest BCUT2D eigenvalue weighted by Crippen LogP contribution is 2.34. The minimum Gasteiger partial charge on any atom is -0.482 e. The summed E-state index contributed by atoms with van der Waals surface area (Å²) in [4.78, 5) is 40.8. The van der Waals surface area contributed by atoms with Gasteiger partial charge < -0.3 is 15.0 Å². The maximum atomic E-state index is 12.7. The van der Waals surface area contributed by atoms with Gasteiger partial charge in [0.05, 0.1) is 5.69 Å². The van der Waals surface area contributed by atoms with Gasteiger partial charge >= 0.3 is 0 Å². The first-order valence-corrected chi connectivity index (χ1v) is 10.5. The van der Waals surface area contributed by atoms with Crippen molar-refractivity contribution in [1.29, 1.82) is 0 Å². The molecule has 2 aromatic rings. The molecular weight excluding hydrogens is 394 g/mol. The number of benzene rings is 2. The van der Waals surface area contributed by atoms with Crippen molar-refractivity contribution in [2.24, 2.45) is 0 Å². The van der Waals surface area contributed by atoms with Gasteiger partial charge in [-0.2, -0.15) is 0 Å². The molecule has 2 heterocycles. The molecule has 0 saturated carbocycles. The lowest BCUT2D eigenvalue weighted by Crippen LogP contribution is -2.47. The molecule has 2 aromatic carbocycles. The summed E-state index contributed by atoms with van der Waals surface area (Å²) in [7, 11) is 0. The van der Waals surface area contributed by atoms with Crippen molar-refractivity contribution in [1.82, 2.24) is 4.90 Å². The third-order valence-corrected chi connectivity index (χ3v) is 5.40. The predicted molar refractivity (Wildman–Crippen MR) is 119 cm³/mol. The number of carbonyl (C=O) groups is 3. The molecule has 0 radical (unpaired) electrons. The van der Waals surface area contributed by atoms with Crippen LogP contribution in [0.3, 0.4) is 0 Å². The fourth-order valence-electron chi connectivity index (χ4n) is 3.75. The van der Waals surface area contributed by atoms with Gasteiger partial charge in [0.2, 0.25) is 11.8 Å². The molecular formula is C24H25N3O4. The standard InChI is InChI=1S/C24H25N3O4/c28-22(12-9-18-7-3-1-4-8-18)25-19-10-11-21-20(15-19)27(24(30)17-31-21)16-23(29)26-13-5-2-6-14-26/h1,3-4,7-12,15H,2,5-6,13-14,16-17H2,(H,25,28)/b12-9+. The number of rotatable bonds is 5. The molecule has 0 aromatic heterocycles. The van der Waals surface area contributed by atoms with Crippen LogP contribution in [0.1, 0.15) is 24.8 Å². The highest BCUT2D eigenvalue weighted by atomic mass is 16.5. The first-order chi connectivity index (χ1) is 15.1. The Morgan fingerprint density at radius 2 is 1.81 bits per heavy atom. The lowest BCUT2D eigenvalue weighted by Gasteiger charge is -2.33. The number of likely N-dealkylation sites (tertiary alicyclic amines) is 1. The lowest BCUT2D eigenvalue weighted by molar-refractivity contribution is -0.132. The number of ether oxygens (including phenoxy) is 1. The molecule has 0 aliphatic carbocycles. The van der Waals surface area contributed by atoms with E-state index in [4.69, 9.17) is 4.74 Å². The van der Waals surface area contributed by atoms with Gasteiger partial charge in [0.25, 0.3) is 5.91 Å². The van der Waals surface area contributed by atoms with Crippen LogP contribution in [0.15, 0.2) is 54.6 Å². The Labute approximate surface area is 181 Å². The van der Waals surface area contributed by atoms with Gasteiger partial charge in [-0.1, -0.05) is 30.3 Å². The largest absolute Gasteiger partial charge is 0.482 e. The van der Waals surface area contributed by atoms with Crippen LogP contribution in [-0.2, 0) is 14.4 Å². The Kier molecular flexibility index (Phi) is 6.31. The van der Waals surface area contributed by atoms with E-state index >= 15 is 0 Å². The van der Waals surface area contributed by atoms with Crippen LogP contribution in [0.4, 0.5) is 11.4 Å². The van der Waals surface area contributed by atoms with Crippen molar-refractivity contribution in [2.45, 2.75) is 19.3 Å². The number of fused-ring (bicyclic) bond motifs is 1. The van der Waals surface area contributed by atoms with Gasteiger partial charge in [-0.25, -0.2) is 0 Å². The van der Waals surface area contributed by atoms with Crippen LogP contribution in [0.5, 0.6) is 5.75 Å². The molecule has 31 heavy (non-hydrogen) atoms. The summed E-state index contributed by atoms with van der Waals surface area (Å²) < 4.78 is 5.52. The monoisotopic (exact) mass is 419 g/mol. The molecule has 4 rings (SSSR count). The number of hydrogen-bond acceptors (Lipinski definition) is 4. The molecule has 2 aliphatic rings. The number of anilines is 2. The van der Waals surface area contributed by atoms with E-state index in [-0.39, 0.29) is 30.9 Å². The third-order valence-electron chi connectivity index (χ3n) is 5.40. The number of nitrogens with zero attached hydrogens (tertiary/aromatic N) is 2. The first-order valence-electron chi connectivity index (χ1n) is 10.5. The van der Waals surface area contributed by atoms with Crippen LogP contribution in [-0.4, -0.2) is 48.9 Å². The van der Waals surface area contributed by atoms with Gasteiger partial charge in [0, 0.05) is 24.9 Å². The van der Waals surface area contributed by atoms with Crippen LogP contribution in [0.25, 0.3) is 6.08 Å². The maximum absolute atomic E-state index is 12.7. The van der Waals surface area contributed by atoms with Crippen molar-refractivity contribution in [3.8, 4) is 5.75 Å². The van der Waals surface area contributed by atoms with Gasteiger partial charge in [0.15, 0.2) is 6.61 Å². The summed E-state index contributed by atoms with van der Waals surface area (Å²) in [6.07, 6.45) is 6.29. The van der Waals surface area contributed by atoms with Crippen molar-refractivity contribution in [3.63, 3.8) is 0 Å². The van der Waals surface area contributed by atoms with E-state index in [1.807, 2.05) is 35.2 Å². The molecule has 7 heteroatoms.